The van der Waals surface area contributed by atoms with Crippen molar-refractivity contribution in [1.29, 1.82) is 0 Å². The zero-order chi connectivity index (χ0) is 18.5. The molecule has 1 heterocycles. The number of aliphatic hydroxyl groups excluding tert-OH is 1. The van der Waals surface area contributed by atoms with E-state index in [1.54, 1.807) is 0 Å². The molecule has 1 atom stereocenters. The fourth-order valence-corrected chi connectivity index (χ4v) is 2.55. The Balaban J connectivity index is 1.47. The van der Waals surface area contributed by atoms with Gasteiger partial charge in [0.25, 0.3) is 5.69 Å². The molecule has 0 aliphatic carbocycles. The zero-order valence-electron chi connectivity index (χ0n) is 14.2. The minimum atomic E-state index is -0.723. The number of hydrogen-bond donors (Lipinski definition) is 1. The molecule has 3 aromatic rings. The van der Waals surface area contributed by atoms with Crippen molar-refractivity contribution in [2.24, 2.45) is 0 Å². The summed E-state index contributed by atoms with van der Waals surface area (Å²) in [6.07, 6.45) is -0.723. The maximum Gasteiger partial charge on any atom is 0.269 e. The van der Waals surface area contributed by atoms with E-state index in [2.05, 4.69) is 4.98 Å². The molecular weight excluding hydrogens is 338 g/mol. The van der Waals surface area contributed by atoms with E-state index in [4.69, 9.17) is 9.15 Å². The van der Waals surface area contributed by atoms with Gasteiger partial charge >= 0.3 is 0 Å². The van der Waals surface area contributed by atoms with Crippen molar-refractivity contribution < 1.29 is 19.2 Å². The summed E-state index contributed by atoms with van der Waals surface area (Å²) in [4.78, 5) is 16.4. The van der Waals surface area contributed by atoms with Crippen LogP contribution in [0.1, 0.15) is 5.89 Å². The third kappa shape index (κ3) is 4.56. The second-order valence-corrected chi connectivity index (χ2v) is 5.99. The molecule has 8 heteroatoms. The second kappa shape index (κ2) is 7.94. The molecule has 136 valence electrons. The number of aliphatic hydroxyl groups is 1. The molecule has 1 N–H and O–H groups in total. The van der Waals surface area contributed by atoms with Crippen LogP contribution in [0.25, 0.3) is 11.1 Å². The predicted octanol–water partition coefficient (Wildman–Crippen LogP) is 2.61. The SMILES string of the molecule is CN(Cc1nc2ccccc2o1)CC(O)COc1ccc([N+](=O)[O-])cc1. The molecule has 0 fully saturated rings. The molecule has 3 rings (SSSR count). The number of ether oxygens (including phenoxy) is 1. The van der Waals surface area contributed by atoms with Crippen LogP contribution in [0, 0.1) is 10.1 Å². The Bertz CT molecular complexity index is 845. The number of likely N-dealkylation sites (N-methyl/N-ethyl adjacent to an activating group) is 1. The first-order chi connectivity index (χ1) is 12.5. The fraction of sp³-hybridized carbons (Fsp3) is 0.278. The number of fused-ring (bicyclic) bond motifs is 1. The van der Waals surface area contributed by atoms with Crippen molar-refractivity contribution in [2.75, 3.05) is 20.2 Å². The topological polar surface area (TPSA) is 102 Å². The van der Waals surface area contributed by atoms with E-state index in [0.717, 1.165) is 11.1 Å². The Morgan fingerprint density at radius 2 is 2.00 bits per heavy atom. The number of oxazole rings is 1. The standard InChI is InChI=1S/C18H19N3O5/c1-20(11-18-19-16-4-2-3-5-17(16)26-18)10-14(22)12-25-15-8-6-13(7-9-15)21(23)24/h2-9,14,22H,10-12H2,1H3. The molecule has 1 unspecified atom stereocenters. The molecule has 0 radical (unpaired) electrons. The highest BCUT2D eigenvalue weighted by Crippen LogP contribution is 2.18. The number of nitro benzene ring substituents is 1. The van der Waals surface area contributed by atoms with Crippen LogP contribution in [0.3, 0.4) is 0 Å². The summed E-state index contributed by atoms with van der Waals surface area (Å²) in [5, 5.41) is 20.7. The van der Waals surface area contributed by atoms with E-state index in [1.807, 2.05) is 36.2 Å². The summed E-state index contributed by atoms with van der Waals surface area (Å²) in [6.45, 7) is 0.907. The number of rotatable bonds is 8. The zero-order valence-corrected chi connectivity index (χ0v) is 14.2. The lowest BCUT2D eigenvalue weighted by Gasteiger charge is -2.19. The van der Waals surface area contributed by atoms with Gasteiger partial charge in [0.15, 0.2) is 5.58 Å². The number of para-hydroxylation sites is 2. The molecular formula is C18H19N3O5. The van der Waals surface area contributed by atoms with Gasteiger partial charge in [-0.15, -0.1) is 0 Å². The van der Waals surface area contributed by atoms with Crippen LogP contribution in [0.5, 0.6) is 5.75 Å². The smallest absolute Gasteiger partial charge is 0.269 e. The minimum Gasteiger partial charge on any atom is -0.491 e. The van der Waals surface area contributed by atoms with Crippen LogP contribution in [0.4, 0.5) is 5.69 Å². The molecule has 0 saturated heterocycles. The highest BCUT2D eigenvalue weighted by atomic mass is 16.6. The van der Waals surface area contributed by atoms with Crippen LogP contribution in [0.2, 0.25) is 0 Å². The van der Waals surface area contributed by atoms with Crippen molar-refractivity contribution >= 4 is 16.8 Å². The van der Waals surface area contributed by atoms with Crippen molar-refractivity contribution in [3.63, 3.8) is 0 Å². The number of aromatic nitrogens is 1. The van der Waals surface area contributed by atoms with Gasteiger partial charge in [-0.25, -0.2) is 4.98 Å². The first kappa shape index (κ1) is 17.8. The van der Waals surface area contributed by atoms with Gasteiger partial charge in [-0.2, -0.15) is 0 Å². The summed E-state index contributed by atoms with van der Waals surface area (Å²) >= 11 is 0. The van der Waals surface area contributed by atoms with Crippen molar-refractivity contribution in [3.05, 3.63) is 64.5 Å². The monoisotopic (exact) mass is 357 g/mol. The van der Waals surface area contributed by atoms with Crippen molar-refractivity contribution in [2.45, 2.75) is 12.6 Å². The van der Waals surface area contributed by atoms with Gasteiger partial charge in [0.05, 0.1) is 11.5 Å². The number of non-ortho nitro benzene ring substituents is 1. The number of nitrogens with zero attached hydrogens (tertiary/aromatic N) is 3. The van der Waals surface area contributed by atoms with Gasteiger partial charge in [-0.1, -0.05) is 12.1 Å². The summed E-state index contributed by atoms with van der Waals surface area (Å²) in [6, 6.07) is 13.3. The Morgan fingerprint density at radius 3 is 2.69 bits per heavy atom. The maximum absolute atomic E-state index is 10.6. The molecule has 0 aliphatic rings. The number of benzene rings is 2. The Kier molecular flexibility index (Phi) is 5.45. The summed E-state index contributed by atoms with van der Waals surface area (Å²) < 4.78 is 11.1. The van der Waals surface area contributed by atoms with Crippen LogP contribution in [-0.2, 0) is 6.54 Å². The predicted molar refractivity (Wildman–Crippen MR) is 94.9 cm³/mol. The molecule has 2 aromatic carbocycles. The normalized spacial score (nSPS) is 12.4. The van der Waals surface area contributed by atoms with E-state index in [-0.39, 0.29) is 12.3 Å². The van der Waals surface area contributed by atoms with E-state index in [0.29, 0.717) is 24.7 Å². The molecule has 0 bridgehead atoms. The Morgan fingerprint density at radius 1 is 1.27 bits per heavy atom. The first-order valence-corrected chi connectivity index (χ1v) is 8.09. The lowest BCUT2D eigenvalue weighted by atomic mass is 10.3. The summed E-state index contributed by atoms with van der Waals surface area (Å²) in [5.41, 5.74) is 1.53. The number of nitro groups is 1. The highest BCUT2D eigenvalue weighted by Gasteiger charge is 2.13. The lowest BCUT2D eigenvalue weighted by molar-refractivity contribution is -0.384. The molecule has 1 aromatic heterocycles. The molecule has 26 heavy (non-hydrogen) atoms. The van der Waals surface area contributed by atoms with Gasteiger partial charge in [0.1, 0.15) is 24.0 Å². The van der Waals surface area contributed by atoms with E-state index in [9.17, 15) is 15.2 Å². The molecule has 0 amide bonds. The molecule has 0 spiro atoms. The summed E-state index contributed by atoms with van der Waals surface area (Å²) in [5.74, 6) is 1.05. The third-order valence-corrected chi connectivity index (χ3v) is 3.76. The van der Waals surface area contributed by atoms with Gasteiger partial charge < -0.3 is 14.3 Å². The van der Waals surface area contributed by atoms with Crippen LogP contribution < -0.4 is 4.74 Å². The third-order valence-electron chi connectivity index (χ3n) is 3.76. The Hall–Kier alpha value is -2.97. The van der Waals surface area contributed by atoms with Crippen LogP contribution >= 0.6 is 0 Å². The average molecular weight is 357 g/mol. The van der Waals surface area contributed by atoms with Crippen molar-refractivity contribution in [3.8, 4) is 5.75 Å². The first-order valence-electron chi connectivity index (χ1n) is 8.09. The largest absolute Gasteiger partial charge is 0.491 e. The summed E-state index contributed by atoms with van der Waals surface area (Å²) in [7, 11) is 1.85. The van der Waals surface area contributed by atoms with E-state index in [1.165, 1.54) is 24.3 Å². The molecule has 8 nitrogen and oxygen atoms in total. The average Bonchev–Trinajstić information content (AvgIpc) is 3.02. The van der Waals surface area contributed by atoms with Gasteiger partial charge in [0, 0.05) is 18.7 Å². The number of hydrogen-bond acceptors (Lipinski definition) is 7. The Labute approximate surface area is 149 Å². The van der Waals surface area contributed by atoms with Gasteiger partial charge in [-0.3, -0.25) is 15.0 Å². The van der Waals surface area contributed by atoms with E-state index < -0.39 is 11.0 Å². The van der Waals surface area contributed by atoms with E-state index >= 15 is 0 Å². The maximum atomic E-state index is 10.6. The van der Waals surface area contributed by atoms with Crippen LogP contribution in [-0.4, -0.2) is 46.2 Å². The van der Waals surface area contributed by atoms with Gasteiger partial charge in [-0.05, 0) is 31.3 Å². The minimum absolute atomic E-state index is 0.00373. The molecule has 0 aliphatic heterocycles. The quantitative estimate of drug-likeness (QED) is 0.488. The second-order valence-electron chi connectivity index (χ2n) is 5.99. The lowest BCUT2D eigenvalue weighted by Crippen LogP contribution is -2.32. The molecule has 0 saturated carbocycles. The highest BCUT2D eigenvalue weighted by molar-refractivity contribution is 5.72. The van der Waals surface area contributed by atoms with Gasteiger partial charge in [0.2, 0.25) is 5.89 Å². The van der Waals surface area contributed by atoms with Crippen molar-refractivity contribution in [1.82, 2.24) is 9.88 Å². The fourth-order valence-electron chi connectivity index (χ4n) is 2.55. The van der Waals surface area contributed by atoms with Crippen LogP contribution in [0.15, 0.2) is 52.9 Å².